The molecule has 3 rings (SSSR count). The molecule has 4 nitrogen and oxygen atoms in total. The van der Waals surface area contributed by atoms with E-state index in [4.69, 9.17) is 0 Å². The molecule has 142 valence electrons. The molecular weight excluding hydrogens is 368 g/mol. The number of rotatable bonds is 6. The smallest absolute Gasteiger partial charge is 0.288 e. The van der Waals surface area contributed by atoms with Gasteiger partial charge in [0.2, 0.25) is 5.91 Å². The number of carbonyl (C=O) groups excluding carboxylic acids is 1. The van der Waals surface area contributed by atoms with E-state index >= 15 is 0 Å². The molecule has 0 saturated carbocycles. The molecule has 27 heavy (non-hydrogen) atoms. The van der Waals surface area contributed by atoms with Gasteiger partial charge in [0.25, 0.3) is 5.76 Å². The number of hydrogen-bond acceptors (Lipinski definition) is 4. The summed E-state index contributed by atoms with van der Waals surface area (Å²) < 4.78 is 24.6. The van der Waals surface area contributed by atoms with Gasteiger partial charge in [0.1, 0.15) is 0 Å². The van der Waals surface area contributed by atoms with Crippen molar-refractivity contribution in [3.05, 3.63) is 66.0 Å². The first-order chi connectivity index (χ1) is 13.1. The zero-order valence-corrected chi connectivity index (χ0v) is 15.6. The van der Waals surface area contributed by atoms with Crippen molar-refractivity contribution in [3.63, 3.8) is 0 Å². The van der Waals surface area contributed by atoms with Gasteiger partial charge in [0.05, 0.1) is 0 Å². The molecule has 7 heteroatoms. The van der Waals surface area contributed by atoms with Gasteiger partial charge >= 0.3 is 0 Å². The van der Waals surface area contributed by atoms with E-state index in [0.717, 1.165) is 25.2 Å². The Labute approximate surface area is 161 Å². The fourth-order valence-corrected chi connectivity index (χ4v) is 3.41. The molecule has 0 bridgehead atoms. The molecule has 1 aromatic heterocycles. The van der Waals surface area contributed by atoms with Gasteiger partial charge in [-0.1, -0.05) is 30.0 Å². The standard InChI is InChI=1S/C20H21F2N3OS/c21-20(22)27-18-6-3-16(4-7-18)5-8-19(26)25-12-10-24(11-13-25)15-17-2-1-9-23-14-17/h1-9,14,20H,10-13,15H2/b8-5+. The topological polar surface area (TPSA) is 36.4 Å². The molecule has 0 radical (unpaired) electrons. The highest BCUT2D eigenvalue weighted by Crippen LogP contribution is 2.25. The maximum absolute atomic E-state index is 12.4. The van der Waals surface area contributed by atoms with E-state index in [-0.39, 0.29) is 5.91 Å². The number of halogens is 2. The number of benzene rings is 1. The molecule has 1 aliphatic heterocycles. The predicted molar refractivity (Wildman–Crippen MR) is 103 cm³/mol. The van der Waals surface area contributed by atoms with Crippen molar-refractivity contribution in [2.24, 2.45) is 0 Å². The zero-order valence-electron chi connectivity index (χ0n) is 14.8. The van der Waals surface area contributed by atoms with Gasteiger partial charge in [-0.25, -0.2) is 0 Å². The molecule has 1 saturated heterocycles. The lowest BCUT2D eigenvalue weighted by atomic mass is 10.2. The van der Waals surface area contributed by atoms with Crippen LogP contribution in [0.25, 0.3) is 6.08 Å². The SMILES string of the molecule is O=C(/C=C/c1ccc(SC(F)F)cc1)N1CCN(Cc2cccnc2)CC1. The number of alkyl halides is 2. The lowest BCUT2D eigenvalue weighted by molar-refractivity contribution is -0.127. The van der Waals surface area contributed by atoms with Crippen LogP contribution in [-0.2, 0) is 11.3 Å². The lowest BCUT2D eigenvalue weighted by Crippen LogP contribution is -2.47. The third kappa shape index (κ3) is 6.15. The highest BCUT2D eigenvalue weighted by molar-refractivity contribution is 7.99. The number of carbonyl (C=O) groups is 1. The number of piperazine rings is 1. The number of thioether (sulfide) groups is 1. The van der Waals surface area contributed by atoms with E-state index in [1.165, 1.54) is 5.56 Å². The van der Waals surface area contributed by atoms with Crippen LogP contribution in [0.3, 0.4) is 0 Å². The lowest BCUT2D eigenvalue weighted by Gasteiger charge is -2.34. The molecule has 0 unspecified atom stereocenters. The van der Waals surface area contributed by atoms with Gasteiger partial charge in [-0.3, -0.25) is 14.7 Å². The summed E-state index contributed by atoms with van der Waals surface area (Å²) in [6.07, 6.45) is 6.90. The van der Waals surface area contributed by atoms with Crippen molar-refractivity contribution < 1.29 is 13.6 Å². The van der Waals surface area contributed by atoms with Crippen molar-refractivity contribution in [3.8, 4) is 0 Å². The Hall–Kier alpha value is -2.25. The van der Waals surface area contributed by atoms with Crippen LogP contribution in [0.15, 0.2) is 59.8 Å². The molecule has 1 aromatic carbocycles. The largest absolute Gasteiger partial charge is 0.337 e. The van der Waals surface area contributed by atoms with E-state index in [1.807, 2.05) is 17.2 Å². The third-order valence-corrected chi connectivity index (χ3v) is 5.06. The molecule has 0 atom stereocenters. The van der Waals surface area contributed by atoms with Crippen molar-refractivity contribution in [2.75, 3.05) is 26.2 Å². The summed E-state index contributed by atoms with van der Waals surface area (Å²) >= 11 is 0.514. The number of aromatic nitrogens is 1. The first-order valence-electron chi connectivity index (χ1n) is 8.73. The molecule has 0 N–H and O–H groups in total. The normalized spacial score (nSPS) is 15.6. The first kappa shape index (κ1) is 19.5. The molecular formula is C20H21F2N3OS. The molecule has 0 spiro atoms. The van der Waals surface area contributed by atoms with Crippen molar-refractivity contribution in [1.29, 1.82) is 0 Å². The zero-order chi connectivity index (χ0) is 19.1. The van der Waals surface area contributed by atoms with Crippen molar-refractivity contribution in [1.82, 2.24) is 14.8 Å². The van der Waals surface area contributed by atoms with Crippen LogP contribution in [-0.4, -0.2) is 52.6 Å². The van der Waals surface area contributed by atoms with E-state index in [9.17, 15) is 13.6 Å². The quantitative estimate of drug-likeness (QED) is 0.557. The van der Waals surface area contributed by atoms with Crippen LogP contribution in [0.4, 0.5) is 8.78 Å². The van der Waals surface area contributed by atoms with Crippen LogP contribution >= 0.6 is 11.8 Å². The van der Waals surface area contributed by atoms with Gasteiger partial charge in [0, 0.05) is 56.1 Å². The second-order valence-corrected chi connectivity index (χ2v) is 7.31. The maximum Gasteiger partial charge on any atom is 0.288 e. The average Bonchev–Trinajstić information content (AvgIpc) is 2.68. The minimum Gasteiger partial charge on any atom is -0.337 e. The van der Waals surface area contributed by atoms with Crippen molar-refractivity contribution in [2.45, 2.75) is 17.2 Å². The predicted octanol–water partition coefficient (Wildman–Crippen LogP) is 3.75. The number of pyridine rings is 1. The van der Waals surface area contributed by atoms with Crippen LogP contribution < -0.4 is 0 Å². The summed E-state index contributed by atoms with van der Waals surface area (Å²) in [7, 11) is 0. The number of hydrogen-bond donors (Lipinski definition) is 0. The molecule has 1 amide bonds. The van der Waals surface area contributed by atoms with Gasteiger partial charge in [-0.15, -0.1) is 0 Å². The van der Waals surface area contributed by atoms with Crippen LogP contribution in [0.5, 0.6) is 0 Å². The summed E-state index contributed by atoms with van der Waals surface area (Å²) in [5, 5.41) is 0. The highest BCUT2D eigenvalue weighted by atomic mass is 32.2. The van der Waals surface area contributed by atoms with Gasteiger partial charge < -0.3 is 4.90 Å². The van der Waals surface area contributed by atoms with Gasteiger partial charge in [-0.05, 0) is 35.4 Å². The number of amides is 1. The fraction of sp³-hybridized carbons (Fsp3) is 0.300. The first-order valence-corrected chi connectivity index (χ1v) is 9.61. The Bertz CT molecular complexity index is 761. The average molecular weight is 389 g/mol. The Kier molecular flexibility index (Phi) is 6.95. The molecule has 1 fully saturated rings. The van der Waals surface area contributed by atoms with Crippen molar-refractivity contribution >= 4 is 23.7 Å². The van der Waals surface area contributed by atoms with E-state index in [2.05, 4.69) is 16.0 Å². The van der Waals surface area contributed by atoms with Gasteiger partial charge in [0.15, 0.2) is 0 Å². The van der Waals surface area contributed by atoms with Crippen LogP contribution in [0, 0.1) is 0 Å². The summed E-state index contributed by atoms with van der Waals surface area (Å²) in [6.45, 7) is 3.87. The Morgan fingerprint density at radius 3 is 2.52 bits per heavy atom. The van der Waals surface area contributed by atoms with Gasteiger partial charge in [-0.2, -0.15) is 8.78 Å². The fourth-order valence-electron chi connectivity index (χ4n) is 2.91. The molecule has 1 aliphatic rings. The summed E-state index contributed by atoms with van der Waals surface area (Å²) in [5.74, 6) is -2.45. The maximum atomic E-state index is 12.4. The second-order valence-electron chi connectivity index (χ2n) is 6.24. The highest BCUT2D eigenvalue weighted by Gasteiger charge is 2.19. The van der Waals surface area contributed by atoms with Crippen LogP contribution in [0.2, 0.25) is 0 Å². The summed E-state index contributed by atoms with van der Waals surface area (Å²) in [6, 6.07) is 10.7. The minimum absolute atomic E-state index is 0.0259. The van der Waals surface area contributed by atoms with E-state index < -0.39 is 5.76 Å². The molecule has 2 aromatic rings. The number of nitrogens with zero attached hydrogens (tertiary/aromatic N) is 3. The molecule has 2 heterocycles. The Balaban J connectivity index is 1.47. The monoisotopic (exact) mass is 389 g/mol. The Morgan fingerprint density at radius 2 is 1.89 bits per heavy atom. The summed E-state index contributed by atoms with van der Waals surface area (Å²) in [4.78, 5) is 21.1. The molecule has 0 aliphatic carbocycles. The van der Waals surface area contributed by atoms with E-state index in [0.29, 0.717) is 29.7 Å². The minimum atomic E-state index is -2.43. The summed E-state index contributed by atoms with van der Waals surface area (Å²) in [5.41, 5.74) is 1.99. The second kappa shape index (κ2) is 9.62. The Morgan fingerprint density at radius 1 is 1.15 bits per heavy atom. The van der Waals surface area contributed by atoms with Crippen LogP contribution in [0.1, 0.15) is 11.1 Å². The van der Waals surface area contributed by atoms with E-state index in [1.54, 1.807) is 42.6 Å². The third-order valence-electron chi connectivity index (χ3n) is 4.34.